The molecule has 1 fully saturated rings. The molecule has 0 bridgehead atoms. The molecule has 1 aromatic heterocycles. The van der Waals surface area contributed by atoms with Crippen LogP contribution >= 0.6 is 43.5 Å². The maximum Gasteiger partial charge on any atom is 0.244 e. The standard InChI is InChI=1S/C25H24Br2ClN3O3S/c1-30(24(19-3-2-12-29-16-19)17-4-7-21(28)8-5-17)25(32)18-10-13-31(14-11-18)35(33,34)23-15-20(26)6-9-22(23)27/h2-9,12,15-16,18,24H,10-11,13-14H2,1H3. The van der Waals surface area contributed by atoms with E-state index >= 15 is 0 Å². The minimum atomic E-state index is -3.68. The van der Waals surface area contributed by atoms with Crippen LogP contribution in [0.1, 0.15) is 30.0 Å². The fourth-order valence-corrected chi connectivity index (χ4v) is 7.45. The van der Waals surface area contributed by atoms with Crippen molar-refractivity contribution < 1.29 is 13.2 Å². The van der Waals surface area contributed by atoms with Crippen LogP contribution < -0.4 is 0 Å². The Balaban J connectivity index is 1.51. The average Bonchev–Trinajstić information content (AvgIpc) is 2.87. The van der Waals surface area contributed by atoms with E-state index in [1.807, 2.05) is 36.4 Å². The van der Waals surface area contributed by atoms with Crippen molar-refractivity contribution in [2.24, 2.45) is 5.92 Å². The van der Waals surface area contributed by atoms with Crippen molar-refractivity contribution in [1.29, 1.82) is 0 Å². The molecule has 1 atom stereocenters. The first-order valence-electron chi connectivity index (χ1n) is 11.1. The molecule has 1 saturated heterocycles. The number of hydrogen-bond donors (Lipinski definition) is 0. The number of rotatable bonds is 6. The Kier molecular flexibility index (Phi) is 8.33. The van der Waals surface area contributed by atoms with Gasteiger partial charge in [0, 0.05) is 52.4 Å². The largest absolute Gasteiger partial charge is 0.334 e. The van der Waals surface area contributed by atoms with Crippen LogP contribution in [-0.2, 0) is 14.8 Å². The number of aromatic nitrogens is 1. The summed E-state index contributed by atoms with van der Waals surface area (Å²) in [4.78, 5) is 19.8. The van der Waals surface area contributed by atoms with E-state index in [2.05, 4.69) is 36.8 Å². The van der Waals surface area contributed by atoms with Gasteiger partial charge in [-0.05, 0) is 76.3 Å². The van der Waals surface area contributed by atoms with Crippen molar-refractivity contribution in [3.05, 3.63) is 92.1 Å². The van der Waals surface area contributed by atoms with E-state index in [9.17, 15) is 13.2 Å². The number of carbonyl (C=O) groups is 1. The summed E-state index contributed by atoms with van der Waals surface area (Å²) in [6.45, 7) is 0.564. The molecule has 4 rings (SSSR count). The molecule has 1 amide bonds. The maximum absolute atomic E-state index is 13.6. The lowest BCUT2D eigenvalue weighted by Crippen LogP contribution is -2.44. The molecule has 2 aromatic carbocycles. The van der Waals surface area contributed by atoms with E-state index in [1.165, 1.54) is 4.31 Å². The number of pyridine rings is 1. The molecule has 0 spiro atoms. The van der Waals surface area contributed by atoms with E-state index in [4.69, 9.17) is 11.6 Å². The Morgan fingerprint density at radius 3 is 2.40 bits per heavy atom. The summed E-state index contributed by atoms with van der Waals surface area (Å²) in [5.74, 6) is -0.293. The van der Waals surface area contributed by atoms with E-state index < -0.39 is 10.0 Å². The van der Waals surface area contributed by atoms with Crippen molar-refractivity contribution in [1.82, 2.24) is 14.2 Å². The molecule has 0 N–H and O–H groups in total. The highest BCUT2D eigenvalue weighted by Gasteiger charge is 2.36. The van der Waals surface area contributed by atoms with Gasteiger partial charge in [-0.25, -0.2) is 8.42 Å². The second-order valence-electron chi connectivity index (χ2n) is 8.44. The molecule has 0 aliphatic carbocycles. The number of sulfonamides is 1. The van der Waals surface area contributed by atoms with Crippen molar-refractivity contribution in [2.75, 3.05) is 20.1 Å². The first-order chi connectivity index (χ1) is 16.7. The Labute approximate surface area is 227 Å². The van der Waals surface area contributed by atoms with Gasteiger partial charge in [0.25, 0.3) is 0 Å². The first kappa shape index (κ1) is 26.3. The van der Waals surface area contributed by atoms with E-state index in [1.54, 1.807) is 42.5 Å². The van der Waals surface area contributed by atoms with Crippen molar-refractivity contribution in [3.8, 4) is 0 Å². The van der Waals surface area contributed by atoms with Crippen LogP contribution in [0.5, 0.6) is 0 Å². The predicted molar refractivity (Wildman–Crippen MR) is 144 cm³/mol. The predicted octanol–water partition coefficient (Wildman–Crippen LogP) is 5.91. The zero-order valence-corrected chi connectivity index (χ0v) is 23.7. The summed E-state index contributed by atoms with van der Waals surface area (Å²) in [5.41, 5.74) is 1.82. The monoisotopic (exact) mass is 639 g/mol. The van der Waals surface area contributed by atoms with Crippen LogP contribution in [0, 0.1) is 5.92 Å². The van der Waals surface area contributed by atoms with Crippen LogP contribution in [0.4, 0.5) is 0 Å². The molecule has 6 nitrogen and oxygen atoms in total. The third-order valence-corrected chi connectivity index (χ3v) is 9.87. The van der Waals surface area contributed by atoms with Gasteiger partial charge in [-0.3, -0.25) is 9.78 Å². The topological polar surface area (TPSA) is 70.6 Å². The Morgan fingerprint density at radius 2 is 1.77 bits per heavy atom. The summed E-state index contributed by atoms with van der Waals surface area (Å²) in [5, 5.41) is 0.623. The van der Waals surface area contributed by atoms with Crippen molar-refractivity contribution in [2.45, 2.75) is 23.8 Å². The van der Waals surface area contributed by atoms with Gasteiger partial charge in [-0.1, -0.05) is 45.7 Å². The molecule has 2 heterocycles. The lowest BCUT2D eigenvalue weighted by atomic mass is 9.93. The van der Waals surface area contributed by atoms with Gasteiger partial charge in [-0.2, -0.15) is 4.31 Å². The summed E-state index contributed by atoms with van der Waals surface area (Å²) in [6, 6.07) is 16.0. The van der Waals surface area contributed by atoms with E-state index in [0.29, 0.717) is 26.8 Å². The van der Waals surface area contributed by atoms with E-state index in [-0.39, 0.29) is 35.9 Å². The average molecular weight is 642 g/mol. The first-order valence-corrected chi connectivity index (χ1v) is 14.5. The Bertz CT molecular complexity index is 1300. The van der Waals surface area contributed by atoms with Gasteiger partial charge in [0.05, 0.1) is 10.9 Å². The molecular formula is C25H24Br2ClN3O3S. The van der Waals surface area contributed by atoms with Gasteiger partial charge in [0.2, 0.25) is 15.9 Å². The minimum Gasteiger partial charge on any atom is -0.334 e. The molecule has 0 saturated carbocycles. The quantitative estimate of drug-likeness (QED) is 0.336. The number of nitrogens with zero attached hydrogens (tertiary/aromatic N) is 3. The van der Waals surface area contributed by atoms with Gasteiger partial charge in [-0.15, -0.1) is 0 Å². The molecule has 35 heavy (non-hydrogen) atoms. The van der Waals surface area contributed by atoms with Crippen LogP contribution in [-0.4, -0.2) is 48.7 Å². The number of benzene rings is 2. The van der Waals surface area contributed by atoms with Crippen LogP contribution in [0.3, 0.4) is 0 Å². The Hall–Kier alpha value is -1.78. The molecule has 1 aliphatic rings. The second-order valence-corrected chi connectivity index (χ2v) is 12.6. The fraction of sp³-hybridized carbons (Fsp3) is 0.280. The number of piperidine rings is 1. The highest BCUT2D eigenvalue weighted by Crippen LogP contribution is 2.33. The minimum absolute atomic E-state index is 0.0190. The van der Waals surface area contributed by atoms with Gasteiger partial charge < -0.3 is 4.90 Å². The summed E-state index contributed by atoms with van der Waals surface area (Å²) < 4.78 is 29.1. The molecule has 1 unspecified atom stereocenters. The Morgan fingerprint density at radius 1 is 1.09 bits per heavy atom. The van der Waals surface area contributed by atoms with Gasteiger partial charge >= 0.3 is 0 Å². The smallest absolute Gasteiger partial charge is 0.244 e. The molecule has 10 heteroatoms. The molecule has 0 radical (unpaired) electrons. The highest BCUT2D eigenvalue weighted by atomic mass is 79.9. The van der Waals surface area contributed by atoms with Gasteiger partial charge in [0.15, 0.2) is 0 Å². The van der Waals surface area contributed by atoms with Crippen molar-refractivity contribution >= 4 is 59.4 Å². The van der Waals surface area contributed by atoms with Crippen LogP contribution in [0.15, 0.2) is 80.8 Å². The van der Waals surface area contributed by atoms with Crippen molar-refractivity contribution in [3.63, 3.8) is 0 Å². The third-order valence-electron chi connectivity index (χ3n) is 6.24. The molecule has 184 valence electrons. The zero-order valence-electron chi connectivity index (χ0n) is 18.9. The summed E-state index contributed by atoms with van der Waals surface area (Å²) >= 11 is 12.8. The number of carbonyl (C=O) groups excluding carboxylic acids is 1. The SMILES string of the molecule is CN(C(=O)C1CCN(S(=O)(=O)c2cc(Br)ccc2Br)CC1)C(c1ccc(Cl)cc1)c1cccnc1. The third kappa shape index (κ3) is 5.80. The second kappa shape index (κ2) is 11.1. The number of amides is 1. The van der Waals surface area contributed by atoms with Crippen LogP contribution in [0.2, 0.25) is 5.02 Å². The van der Waals surface area contributed by atoms with E-state index in [0.717, 1.165) is 11.1 Å². The normalized spacial score (nSPS) is 16.1. The maximum atomic E-state index is 13.6. The highest BCUT2D eigenvalue weighted by molar-refractivity contribution is 9.11. The van der Waals surface area contributed by atoms with Gasteiger partial charge in [0.1, 0.15) is 0 Å². The number of halogens is 3. The lowest BCUT2D eigenvalue weighted by Gasteiger charge is -2.35. The summed E-state index contributed by atoms with van der Waals surface area (Å²) in [7, 11) is -1.89. The summed E-state index contributed by atoms with van der Waals surface area (Å²) in [6.07, 6.45) is 4.36. The lowest BCUT2D eigenvalue weighted by molar-refractivity contribution is -0.137. The number of hydrogen-bond acceptors (Lipinski definition) is 4. The zero-order chi connectivity index (χ0) is 25.2. The molecule has 3 aromatic rings. The molecule has 1 aliphatic heterocycles. The van der Waals surface area contributed by atoms with Crippen LogP contribution in [0.25, 0.3) is 0 Å². The molecular weight excluding hydrogens is 618 g/mol. The fourth-order valence-electron chi connectivity index (χ4n) is 4.39.